The Morgan fingerprint density at radius 2 is 1.75 bits per heavy atom. The molecule has 1 aliphatic carbocycles. The summed E-state index contributed by atoms with van der Waals surface area (Å²) in [5.74, 6) is -0.0180. The summed E-state index contributed by atoms with van der Waals surface area (Å²) < 4.78 is 0. The molecule has 2 aromatic carbocycles. The molecule has 2 bridgehead atoms. The molecular formula is C19H16N2O3. The number of amides is 1. The van der Waals surface area contributed by atoms with Gasteiger partial charge in [0, 0.05) is 12.0 Å². The van der Waals surface area contributed by atoms with Crippen LogP contribution in [0.4, 0.5) is 0 Å². The molecule has 1 saturated heterocycles. The van der Waals surface area contributed by atoms with E-state index in [0.717, 1.165) is 17.7 Å². The van der Waals surface area contributed by atoms with E-state index in [1.807, 2.05) is 48.5 Å². The molecule has 0 spiro atoms. The molecule has 0 aromatic heterocycles. The van der Waals surface area contributed by atoms with Gasteiger partial charge in [0.1, 0.15) is 12.1 Å². The molecule has 1 amide bonds. The first-order chi connectivity index (χ1) is 11.8. The smallest absolute Gasteiger partial charge is 0.277 e. The summed E-state index contributed by atoms with van der Waals surface area (Å²) in [7, 11) is 0. The summed E-state index contributed by atoms with van der Waals surface area (Å²) in [4.78, 5) is 24.4. The lowest BCUT2D eigenvalue weighted by atomic mass is 9.92. The van der Waals surface area contributed by atoms with Gasteiger partial charge in [-0.1, -0.05) is 53.7 Å². The minimum atomic E-state index is -0.119. The molecule has 24 heavy (non-hydrogen) atoms. The van der Waals surface area contributed by atoms with E-state index in [1.54, 1.807) is 12.1 Å². The Bertz CT molecular complexity index is 806. The van der Waals surface area contributed by atoms with Crippen LogP contribution in [0.25, 0.3) is 0 Å². The number of hydrogen-bond donors (Lipinski definition) is 0. The number of nitrogens with zero attached hydrogens (tertiary/aromatic N) is 2. The molecule has 2 aromatic rings. The maximum atomic E-state index is 12.7. The molecule has 5 heteroatoms. The van der Waals surface area contributed by atoms with Crippen molar-refractivity contribution in [2.24, 2.45) is 11.1 Å². The molecule has 0 N–H and O–H groups in total. The van der Waals surface area contributed by atoms with Crippen LogP contribution in [0.15, 0.2) is 65.8 Å². The molecule has 5 rings (SSSR count). The van der Waals surface area contributed by atoms with Crippen molar-refractivity contribution < 1.29 is 14.5 Å². The predicted octanol–water partition coefficient (Wildman–Crippen LogP) is 2.63. The van der Waals surface area contributed by atoms with Gasteiger partial charge < -0.3 is 4.84 Å². The molecule has 2 aliphatic heterocycles. The summed E-state index contributed by atoms with van der Waals surface area (Å²) in [5.41, 5.74) is 2.62. The zero-order chi connectivity index (χ0) is 16.1. The fourth-order valence-corrected chi connectivity index (χ4v) is 3.94. The maximum absolute atomic E-state index is 12.7. The minimum Gasteiger partial charge on any atom is -0.389 e. The first-order valence-corrected chi connectivity index (χ1v) is 8.17. The highest BCUT2D eigenvalue weighted by atomic mass is 16.7. The molecule has 5 nitrogen and oxygen atoms in total. The minimum absolute atomic E-state index is 0.0610. The molecule has 4 atom stereocenters. The molecule has 0 radical (unpaired) electrons. The van der Waals surface area contributed by atoms with Crippen molar-refractivity contribution in [3.63, 3.8) is 0 Å². The van der Waals surface area contributed by atoms with Gasteiger partial charge in [0.05, 0.1) is 11.6 Å². The number of carbonyl (C=O) groups is 1. The van der Waals surface area contributed by atoms with Crippen LogP contribution < -0.4 is 0 Å². The lowest BCUT2D eigenvalue weighted by molar-refractivity contribution is -0.189. The Morgan fingerprint density at radius 3 is 2.50 bits per heavy atom. The number of oxime groups is 1. The van der Waals surface area contributed by atoms with Crippen molar-refractivity contribution in [2.75, 3.05) is 0 Å². The third-order valence-corrected chi connectivity index (χ3v) is 5.04. The quantitative estimate of drug-likeness (QED) is 0.855. The maximum Gasteiger partial charge on any atom is 0.277 e. The van der Waals surface area contributed by atoms with Gasteiger partial charge in [-0.15, -0.1) is 0 Å². The second kappa shape index (κ2) is 5.18. The normalized spacial score (nSPS) is 30.0. The van der Waals surface area contributed by atoms with Gasteiger partial charge in [0.15, 0.2) is 6.10 Å². The fourth-order valence-electron chi connectivity index (χ4n) is 3.94. The van der Waals surface area contributed by atoms with Gasteiger partial charge in [0.25, 0.3) is 5.91 Å². The second-order valence-corrected chi connectivity index (χ2v) is 6.38. The molecular weight excluding hydrogens is 304 g/mol. The molecule has 0 unspecified atom stereocenters. The molecule has 1 saturated carbocycles. The van der Waals surface area contributed by atoms with Gasteiger partial charge in [-0.05, 0) is 17.7 Å². The summed E-state index contributed by atoms with van der Waals surface area (Å²) in [6.45, 7) is 0. The third-order valence-electron chi connectivity index (χ3n) is 5.04. The van der Waals surface area contributed by atoms with Gasteiger partial charge in [-0.25, -0.2) is 5.06 Å². The standard InChI is InChI=1S/C19H16N2O3/c22-19(13-9-5-2-6-10-13)21-14-11-15(24-21)16-17(20-23-18(14)16)12-7-3-1-4-8-12/h1-10,14-16,18H,11H2/t14-,15+,16+,18+/m1/s1. The van der Waals surface area contributed by atoms with Crippen LogP contribution in [-0.2, 0) is 9.68 Å². The first kappa shape index (κ1) is 13.7. The van der Waals surface area contributed by atoms with Crippen LogP contribution in [-0.4, -0.2) is 34.9 Å². The highest BCUT2D eigenvalue weighted by molar-refractivity contribution is 6.04. The van der Waals surface area contributed by atoms with Gasteiger partial charge in [-0.2, -0.15) is 0 Å². The van der Waals surface area contributed by atoms with E-state index in [4.69, 9.17) is 9.68 Å². The van der Waals surface area contributed by atoms with Crippen molar-refractivity contribution >= 4 is 11.6 Å². The summed E-state index contributed by atoms with van der Waals surface area (Å²) in [6.07, 6.45) is 0.612. The van der Waals surface area contributed by atoms with Crippen LogP contribution in [0.5, 0.6) is 0 Å². The number of benzene rings is 2. The van der Waals surface area contributed by atoms with E-state index >= 15 is 0 Å². The van der Waals surface area contributed by atoms with E-state index in [9.17, 15) is 4.79 Å². The SMILES string of the molecule is O=C(c1ccccc1)N1O[C@H]2C[C@@H]1[C@@H]1ON=C(c3ccccc3)[C@@H]12. The van der Waals surface area contributed by atoms with Crippen molar-refractivity contribution in [2.45, 2.75) is 24.7 Å². The van der Waals surface area contributed by atoms with Crippen LogP contribution in [0.2, 0.25) is 0 Å². The molecule has 3 aliphatic rings. The number of hydroxylamine groups is 2. The summed E-state index contributed by atoms with van der Waals surface area (Å²) >= 11 is 0. The Balaban J connectivity index is 1.40. The Labute approximate surface area is 139 Å². The van der Waals surface area contributed by atoms with E-state index in [1.165, 1.54) is 5.06 Å². The Hall–Kier alpha value is -2.66. The van der Waals surface area contributed by atoms with Crippen LogP contribution in [0.3, 0.4) is 0 Å². The van der Waals surface area contributed by atoms with Crippen LogP contribution in [0.1, 0.15) is 22.3 Å². The van der Waals surface area contributed by atoms with Crippen molar-refractivity contribution in [3.8, 4) is 0 Å². The first-order valence-electron chi connectivity index (χ1n) is 8.17. The van der Waals surface area contributed by atoms with E-state index in [-0.39, 0.29) is 30.1 Å². The van der Waals surface area contributed by atoms with E-state index in [0.29, 0.717) is 5.56 Å². The second-order valence-electron chi connectivity index (χ2n) is 6.38. The predicted molar refractivity (Wildman–Crippen MR) is 87.2 cm³/mol. The van der Waals surface area contributed by atoms with Crippen LogP contribution in [0, 0.1) is 5.92 Å². The number of fused-ring (bicyclic) bond motifs is 5. The van der Waals surface area contributed by atoms with Gasteiger partial charge in [-0.3, -0.25) is 9.63 Å². The Morgan fingerprint density at radius 1 is 1.04 bits per heavy atom. The average Bonchev–Trinajstić information content (AvgIpc) is 3.34. The van der Waals surface area contributed by atoms with E-state index in [2.05, 4.69) is 5.16 Å². The molecule has 120 valence electrons. The van der Waals surface area contributed by atoms with Gasteiger partial charge >= 0.3 is 0 Å². The number of rotatable bonds is 2. The van der Waals surface area contributed by atoms with Crippen molar-refractivity contribution in [1.29, 1.82) is 0 Å². The highest BCUT2D eigenvalue weighted by Crippen LogP contribution is 2.46. The largest absolute Gasteiger partial charge is 0.389 e. The summed E-state index contributed by atoms with van der Waals surface area (Å²) in [6, 6.07) is 19.1. The molecule has 2 fully saturated rings. The Kier molecular flexibility index (Phi) is 2.97. The van der Waals surface area contributed by atoms with E-state index < -0.39 is 0 Å². The summed E-state index contributed by atoms with van der Waals surface area (Å²) in [5, 5.41) is 5.79. The molecule has 2 heterocycles. The highest BCUT2D eigenvalue weighted by Gasteiger charge is 2.61. The topological polar surface area (TPSA) is 51.1 Å². The lowest BCUT2D eigenvalue weighted by Gasteiger charge is -2.32. The number of carbonyl (C=O) groups excluding carboxylic acids is 1. The van der Waals surface area contributed by atoms with Gasteiger partial charge in [0.2, 0.25) is 0 Å². The average molecular weight is 320 g/mol. The number of hydrogen-bond acceptors (Lipinski definition) is 4. The zero-order valence-electron chi connectivity index (χ0n) is 12.9. The van der Waals surface area contributed by atoms with Crippen molar-refractivity contribution in [1.82, 2.24) is 5.06 Å². The third kappa shape index (κ3) is 1.91. The zero-order valence-corrected chi connectivity index (χ0v) is 12.9. The van der Waals surface area contributed by atoms with Crippen LogP contribution >= 0.6 is 0 Å². The van der Waals surface area contributed by atoms with Crippen molar-refractivity contribution in [3.05, 3.63) is 71.8 Å². The monoisotopic (exact) mass is 320 g/mol. The fraction of sp³-hybridized carbons (Fsp3) is 0.263. The lowest BCUT2D eigenvalue weighted by Crippen LogP contribution is -2.49.